The van der Waals surface area contributed by atoms with E-state index in [-0.39, 0.29) is 11.7 Å². The maximum Gasteiger partial charge on any atom is 0.210 e. The predicted octanol–water partition coefficient (Wildman–Crippen LogP) is 2.92. The summed E-state index contributed by atoms with van der Waals surface area (Å²) in [5, 5.41) is 9.68. The first-order chi connectivity index (χ1) is 9.50. The Kier molecular flexibility index (Phi) is 2.98. The van der Waals surface area contributed by atoms with Gasteiger partial charge in [0.2, 0.25) is 5.88 Å². The number of hydrogen-bond donors (Lipinski definition) is 1. The molecule has 0 spiro atoms. The van der Waals surface area contributed by atoms with Crippen LogP contribution in [-0.2, 0) is 11.8 Å². The van der Waals surface area contributed by atoms with Crippen LogP contribution in [0.15, 0.2) is 30.5 Å². The summed E-state index contributed by atoms with van der Waals surface area (Å²) in [6.45, 7) is 1.90. The van der Waals surface area contributed by atoms with Crippen LogP contribution in [0.25, 0.3) is 0 Å². The monoisotopic (exact) mass is 288 g/mol. The maximum atomic E-state index is 12.8. The van der Waals surface area contributed by atoms with E-state index in [4.69, 9.17) is 11.6 Å². The molecule has 1 aliphatic carbocycles. The maximum absolute atomic E-state index is 12.8. The third-order valence-corrected chi connectivity index (χ3v) is 4.14. The van der Waals surface area contributed by atoms with Gasteiger partial charge in [0.05, 0.1) is 11.1 Å². The summed E-state index contributed by atoms with van der Waals surface area (Å²) in [5.74, 6) is -0.0233. The Labute approximate surface area is 121 Å². The highest BCUT2D eigenvalue weighted by Crippen LogP contribution is 2.38. The second-order valence-electron chi connectivity index (χ2n) is 5.19. The van der Waals surface area contributed by atoms with Crippen molar-refractivity contribution in [1.82, 2.24) is 9.97 Å². The molecule has 2 aromatic rings. The van der Waals surface area contributed by atoms with Gasteiger partial charge in [-0.2, -0.15) is 0 Å². The van der Waals surface area contributed by atoms with Crippen molar-refractivity contribution in [2.75, 3.05) is 0 Å². The second-order valence-corrected chi connectivity index (χ2v) is 5.58. The lowest BCUT2D eigenvalue weighted by atomic mass is 9.69. The van der Waals surface area contributed by atoms with Crippen molar-refractivity contribution in [2.24, 2.45) is 0 Å². The van der Waals surface area contributed by atoms with Gasteiger partial charge in [0.15, 0.2) is 5.78 Å². The van der Waals surface area contributed by atoms with E-state index in [2.05, 4.69) is 9.97 Å². The average Bonchev–Trinajstić information content (AvgIpc) is 2.44. The van der Waals surface area contributed by atoms with Gasteiger partial charge in [-0.1, -0.05) is 17.7 Å². The smallest absolute Gasteiger partial charge is 0.210 e. The number of halogens is 1. The number of rotatable bonds is 1. The molecule has 1 N–H and O–H groups in total. The van der Waals surface area contributed by atoms with E-state index >= 15 is 0 Å². The molecular weight excluding hydrogens is 276 g/mol. The molecule has 1 atom stereocenters. The van der Waals surface area contributed by atoms with Crippen LogP contribution in [0, 0.1) is 0 Å². The number of nitrogens with zero attached hydrogens (tertiary/aromatic N) is 2. The molecule has 4 nitrogen and oxygen atoms in total. The van der Waals surface area contributed by atoms with Gasteiger partial charge in [-0.3, -0.25) is 4.79 Å². The minimum atomic E-state index is -0.636. The van der Waals surface area contributed by atoms with Crippen LogP contribution in [0.1, 0.15) is 35.0 Å². The van der Waals surface area contributed by atoms with Gasteiger partial charge in [-0.05, 0) is 37.5 Å². The van der Waals surface area contributed by atoms with E-state index in [9.17, 15) is 9.90 Å². The number of Topliss-reactive ketones (excluding diaryl/α,β-unsaturated/α-hetero) is 1. The van der Waals surface area contributed by atoms with E-state index in [1.165, 1.54) is 6.07 Å². The number of pyridine rings is 2. The number of ketones is 1. The summed E-state index contributed by atoms with van der Waals surface area (Å²) in [6, 6.07) is 6.62. The molecular formula is C15H13ClN2O2. The topological polar surface area (TPSA) is 63.1 Å². The molecule has 2 aromatic heterocycles. The van der Waals surface area contributed by atoms with Crippen LogP contribution < -0.4 is 0 Å². The molecule has 5 heteroatoms. The van der Waals surface area contributed by atoms with Crippen molar-refractivity contribution in [2.45, 2.75) is 25.2 Å². The van der Waals surface area contributed by atoms with Gasteiger partial charge in [0.1, 0.15) is 5.15 Å². The number of carbonyl (C=O) groups is 1. The summed E-state index contributed by atoms with van der Waals surface area (Å²) in [6.07, 6.45) is 2.90. The first-order valence-corrected chi connectivity index (χ1v) is 6.74. The molecule has 0 saturated carbocycles. The molecule has 0 aromatic carbocycles. The highest BCUT2D eigenvalue weighted by molar-refractivity contribution is 6.29. The Morgan fingerprint density at radius 1 is 1.30 bits per heavy atom. The Morgan fingerprint density at radius 3 is 2.80 bits per heavy atom. The molecule has 0 fully saturated rings. The third kappa shape index (κ3) is 1.96. The lowest BCUT2D eigenvalue weighted by Crippen LogP contribution is -2.37. The molecule has 1 aliphatic rings. The molecule has 102 valence electrons. The molecule has 0 aliphatic heterocycles. The number of aryl methyl sites for hydroxylation is 1. The largest absolute Gasteiger partial charge is 0.493 e. The molecule has 0 saturated heterocycles. The van der Waals surface area contributed by atoms with Crippen LogP contribution in [0.3, 0.4) is 0 Å². The first kappa shape index (κ1) is 13.1. The number of carbonyl (C=O) groups excluding carboxylic acids is 1. The Balaban J connectivity index is 2.06. The van der Waals surface area contributed by atoms with Crippen LogP contribution in [0.2, 0.25) is 5.15 Å². The molecule has 1 unspecified atom stereocenters. The van der Waals surface area contributed by atoms with E-state index in [1.54, 1.807) is 24.4 Å². The van der Waals surface area contributed by atoms with Crippen molar-refractivity contribution in [3.8, 4) is 5.88 Å². The molecule has 0 bridgehead atoms. The zero-order valence-electron chi connectivity index (χ0n) is 10.9. The van der Waals surface area contributed by atoms with Crippen molar-refractivity contribution in [3.63, 3.8) is 0 Å². The lowest BCUT2D eigenvalue weighted by molar-refractivity contribution is 0.0873. The lowest BCUT2D eigenvalue weighted by Gasteiger charge is -2.33. The number of aromatic hydroxyl groups is 1. The number of fused-ring (bicyclic) bond motifs is 1. The van der Waals surface area contributed by atoms with E-state index in [1.807, 2.05) is 6.92 Å². The third-order valence-electron chi connectivity index (χ3n) is 3.93. The molecule has 0 amide bonds. The van der Waals surface area contributed by atoms with Gasteiger partial charge in [-0.15, -0.1) is 0 Å². The predicted molar refractivity (Wildman–Crippen MR) is 75.2 cm³/mol. The molecule has 2 heterocycles. The average molecular weight is 289 g/mol. The normalized spacial score (nSPS) is 21.6. The van der Waals surface area contributed by atoms with Gasteiger partial charge < -0.3 is 5.11 Å². The Morgan fingerprint density at radius 2 is 2.10 bits per heavy atom. The quantitative estimate of drug-likeness (QED) is 0.820. The molecule has 3 rings (SSSR count). The van der Waals surface area contributed by atoms with Crippen molar-refractivity contribution >= 4 is 17.4 Å². The summed E-state index contributed by atoms with van der Waals surface area (Å²) in [7, 11) is 0. The van der Waals surface area contributed by atoms with Crippen LogP contribution in [-0.4, -0.2) is 20.9 Å². The summed E-state index contributed by atoms with van der Waals surface area (Å²) < 4.78 is 0. The highest BCUT2D eigenvalue weighted by Gasteiger charge is 2.40. The van der Waals surface area contributed by atoms with Gasteiger partial charge in [0.25, 0.3) is 0 Å². The first-order valence-electron chi connectivity index (χ1n) is 6.36. The Bertz CT molecular complexity index is 685. The van der Waals surface area contributed by atoms with Crippen LogP contribution in [0.5, 0.6) is 5.88 Å². The van der Waals surface area contributed by atoms with Gasteiger partial charge in [0, 0.05) is 17.8 Å². The summed E-state index contributed by atoms with van der Waals surface area (Å²) in [4.78, 5) is 20.9. The van der Waals surface area contributed by atoms with Crippen molar-refractivity contribution in [3.05, 3.63) is 52.4 Å². The Hall–Kier alpha value is -1.94. The molecule has 20 heavy (non-hydrogen) atoms. The van der Waals surface area contributed by atoms with Crippen molar-refractivity contribution in [1.29, 1.82) is 0 Å². The minimum Gasteiger partial charge on any atom is -0.493 e. The fourth-order valence-electron chi connectivity index (χ4n) is 2.64. The number of aromatic nitrogens is 2. The van der Waals surface area contributed by atoms with Crippen molar-refractivity contribution < 1.29 is 9.90 Å². The molecule has 0 radical (unpaired) electrons. The van der Waals surface area contributed by atoms with Crippen LogP contribution in [0.4, 0.5) is 0 Å². The standard InChI is InChI=1S/C15H13ClN2O2/c1-15(9-2-5-13(19)17-8-9)7-6-11-10(14(15)20)3-4-12(16)18-11/h2-5,8H,6-7H2,1H3,(H,17,19). The van der Waals surface area contributed by atoms with E-state index < -0.39 is 5.41 Å². The second kappa shape index (κ2) is 4.56. The number of hydrogen-bond acceptors (Lipinski definition) is 4. The summed E-state index contributed by atoms with van der Waals surface area (Å²) in [5.41, 5.74) is 1.55. The minimum absolute atomic E-state index is 0.0235. The van der Waals surface area contributed by atoms with Crippen LogP contribution >= 0.6 is 11.6 Å². The van der Waals surface area contributed by atoms with E-state index in [0.717, 1.165) is 11.3 Å². The van der Waals surface area contributed by atoms with Gasteiger partial charge >= 0.3 is 0 Å². The fourth-order valence-corrected chi connectivity index (χ4v) is 2.80. The fraction of sp³-hybridized carbons (Fsp3) is 0.267. The summed E-state index contributed by atoms with van der Waals surface area (Å²) >= 11 is 5.87. The zero-order valence-corrected chi connectivity index (χ0v) is 11.7. The SMILES string of the molecule is CC1(c2ccc(O)nc2)CCc2nc(Cl)ccc2C1=O. The highest BCUT2D eigenvalue weighted by atomic mass is 35.5. The zero-order chi connectivity index (χ0) is 14.3. The van der Waals surface area contributed by atoms with Gasteiger partial charge in [-0.25, -0.2) is 9.97 Å². The van der Waals surface area contributed by atoms with E-state index in [0.29, 0.717) is 23.6 Å².